The molecule has 0 aliphatic heterocycles. The number of nitrogens with one attached hydrogen (secondary N) is 1. The first-order valence-corrected chi connectivity index (χ1v) is 7.47. The van der Waals surface area contributed by atoms with E-state index in [4.69, 9.17) is 11.6 Å². The minimum absolute atomic E-state index is 0.0316. The average molecular weight is 282 g/mol. The van der Waals surface area contributed by atoms with Gasteiger partial charge in [-0.25, -0.2) is 0 Å². The fourth-order valence-electron chi connectivity index (χ4n) is 2.09. The number of halogens is 1. The van der Waals surface area contributed by atoms with E-state index < -0.39 is 0 Å². The van der Waals surface area contributed by atoms with E-state index in [2.05, 4.69) is 19.2 Å². The van der Waals surface area contributed by atoms with Crippen LogP contribution in [0.5, 0.6) is 0 Å². The van der Waals surface area contributed by atoms with Gasteiger partial charge in [-0.15, -0.1) is 11.6 Å². The van der Waals surface area contributed by atoms with Crippen LogP contribution in [0.2, 0.25) is 0 Å². The van der Waals surface area contributed by atoms with Crippen LogP contribution < -0.4 is 5.32 Å². The molecule has 0 aliphatic carbocycles. The zero-order valence-corrected chi connectivity index (χ0v) is 12.9. The third-order valence-electron chi connectivity index (χ3n) is 3.89. The quantitative estimate of drug-likeness (QED) is 0.759. The second-order valence-electron chi connectivity index (χ2n) is 5.28. The van der Waals surface area contributed by atoms with Gasteiger partial charge in [0.05, 0.1) is 6.42 Å². The Balaban J connectivity index is 2.52. The van der Waals surface area contributed by atoms with Gasteiger partial charge in [-0.2, -0.15) is 0 Å². The molecule has 19 heavy (non-hydrogen) atoms. The Morgan fingerprint density at radius 2 is 2.00 bits per heavy atom. The molecule has 1 aromatic rings. The molecule has 0 bridgehead atoms. The van der Waals surface area contributed by atoms with Crippen LogP contribution in [0.25, 0.3) is 0 Å². The molecule has 0 aromatic heterocycles. The summed E-state index contributed by atoms with van der Waals surface area (Å²) >= 11 is 6.04. The highest BCUT2D eigenvalue weighted by Crippen LogP contribution is 2.26. The summed E-state index contributed by atoms with van der Waals surface area (Å²) in [4.78, 5) is 12.0. The van der Waals surface area contributed by atoms with Crippen molar-refractivity contribution in [2.24, 2.45) is 5.41 Å². The summed E-state index contributed by atoms with van der Waals surface area (Å²) < 4.78 is 0. The highest BCUT2D eigenvalue weighted by Gasteiger charge is 2.25. The van der Waals surface area contributed by atoms with Gasteiger partial charge in [0.1, 0.15) is 0 Å². The molecule has 0 aliphatic rings. The van der Waals surface area contributed by atoms with Crippen LogP contribution >= 0.6 is 11.6 Å². The number of carbonyl (C=O) groups excluding carboxylic acids is 1. The lowest BCUT2D eigenvalue weighted by Gasteiger charge is -2.29. The van der Waals surface area contributed by atoms with Gasteiger partial charge in [0, 0.05) is 17.8 Å². The number of amides is 1. The third kappa shape index (κ3) is 4.87. The van der Waals surface area contributed by atoms with Gasteiger partial charge in [-0.1, -0.05) is 43.7 Å². The number of hydrogen-bond donors (Lipinski definition) is 1. The van der Waals surface area contributed by atoms with Gasteiger partial charge >= 0.3 is 0 Å². The Bertz CT molecular complexity index is 405. The summed E-state index contributed by atoms with van der Waals surface area (Å²) in [6.45, 7) is 6.94. The van der Waals surface area contributed by atoms with E-state index in [9.17, 15) is 4.79 Å². The monoisotopic (exact) mass is 281 g/mol. The lowest BCUT2D eigenvalue weighted by molar-refractivity contribution is -0.120. The molecular formula is C16H24ClNO. The van der Waals surface area contributed by atoms with E-state index >= 15 is 0 Å². The number of benzene rings is 1. The Kier molecular flexibility index (Phi) is 6.36. The van der Waals surface area contributed by atoms with E-state index in [1.165, 1.54) is 5.56 Å². The second-order valence-corrected chi connectivity index (χ2v) is 5.55. The smallest absolute Gasteiger partial charge is 0.224 e. The van der Waals surface area contributed by atoms with E-state index in [1.807, 2.05) is 31.2 Å². The molecule has 0 unspecified atom stereocenters. The molecule has 0 heterocycles. The van der Waals surface area contributed by atoms with E-state index in [-0.39, 0.29) is 11.3 Å². The molecular weight excluding hydrogens is 258 g/mol. The number of carbonyl (C=O) groups is 1. The van der Waals surface area contributed by atoms with Crippen molar-refractivity contribution in [2.75, 3.05) is 12.4 Å². The molecule has 1 rings (SSSR count). The molecule has 0 atom stereocenters. The number of hydrogen-bond acceptors (Lipinski definition) is 1. The number of alkyl halides is 1. The van der Waals surface area contributed by atoms with Crippen LogP contribution in [-0.2, 0) is 11.2 Å². The summed E-state index contributed by atoms with van der Waals surface area (Å²) in [5.41, 5.74) is 2.27. The standard InChI is InChI=1S/C16H24ClNO/c1-4-16(5-2,11-17)12-18-15(19)10-14-8-6-7-13(3)9-14/h6-9H,4-5,10-12H2,1-3H3,(H,18,19). The Morgan fingerprint density at radius 1 is 1.32 bits per heavy atom. The zero-order chi connectivity index (χ0) is 14.3. The predicted octanol–water partition coefficient (Wildman–Crippen LogP) is 3.70. The van der Waals surface area contributed by atoms with Crippen molar-refractivity contribution in [3.05, 3.63) is 35.4 Å². The normalized spacial score (nSPS) is 11.4. The Hall–Kier alpha value is -1.02. The topological polar surface area (TPSA) is 29.1 Å². The maximum atomic E-state index is 12.0. The van der Waals surface area contributed by atoms with E-state index in [1.54, 1.807) is 0 Å². The zero-order valence-electron chi connectivity index (χ0n) is 12.1. The van der Waals surface area contributed by atoms with Gasteiger partial charge in [0.2, 0.25) is 5.91 Å². The molecule has 106 valence electrons. The largest absolute Gasteiger partial charge is 0.355 e. The Labute approximate surface area is 121 Å². The van der Waals surface area contributed by atoms with E-state index in [0.717, 1.165) is 18.4 Å². The Morgan fingerprint density at radius 3 is 2.53 bits per heavy atom. The van der Waals surface area contributed by atoms with Crippen molar-refractivity contribution < 1.29 is 4.79 Å². The van der Waals surface area contributed by atoms with Crippen molar-refractivity contribution in [3.63, 3.8) is 0 Å². The summed E-state index contributed by atoms with van der Waals surface area (Å²) in [5.74, 6) is 0.659. The van der Waals surface area contributed by atoms with Crippen molar-refractivity contribution >= 4 is 17.5 Å². The van der Waals surface area contributed by atoms with Crippen LogP contribution in [0.15, 0.2) is 24.3 Å². The van der Waals surface area contributed by atoms with Crippen molar-refractivity contribution in [1.82, 2.24) is 5.32 Å². The molecule has 2 nitrogen and oxygen atoms in total. The summed E-state index contributed by atoms with van der Waals surface area (Å²) in [6.07, 6.45) is 2.41. The molecule has 3 heteroatoms. The van der Waals surface area contributed by atoms with Gasteiger partial charge in [0.15, 0.2) is 0 Å². The van der Waals surface area contributed by atoms with Gasteiger partial charge < -0.3 is 5.32 Å². The first-order chi connectivity index (χ1) is 9.05. The van der Waals surface area contributed by atoms with Crippen molar-refractivity contribution in [2.45, 2.75) is 40.0 Å². The lowest BCUT2D eigenvalue weighted by atomic mass is 9.84. The molecule has 0 fully saturated rings. The van der Waals surface area contributed by atoms with Gasteiger partial charge in [-0.05, 0) is 25.3 Å². The highest BCUT2D eigenvalue weighted by molar-refractivity contribution is 6.18. The molecule has 0 saturated carbocycles. The summed E-state index contributed by atoms with van der Waals surface area (Å²) in [6, 6.07) is 8.06. The number of rotatable bonds is 7. The maximum absolute atomic E-state index is 12.0. The average Bonchev–Trinajstić information content (AvgIpc) is 2.41. The summed E-state index contributed by atoms with van der Waals surface area (Å²) in [5, 5.41) is 3.02. The SMILES string of the molecule is CCC(CC)(CCl)CNC(=O)Cc1cccc(C)c1. The molecule has 0 radical (unpaired) electrons. The van der Waals surface area contributed by atoms with Crippen LogP contribution in [0.1, 0.15) is 37.8 Å². The fourth-order valence-corrected chi connectivity index (χ4v) is 2.56. The van der Waals surface area contributed by atoms with E-state index in [0.29, 0.717) is 18.8 Å². The number of aryl methyl sites for hydroxylation is 1. The van der Waals surface area contributed by atoms with Crippen LogP contribution in [-0.4, -0.2) is 18.3 Å². The minimum atomic E-state index is 0.0316. The van der Waals surface area contributed by atoms with Crippen LogP contribution in [0.4, 0.5) is 0 Å². The molecule has 1 amide bonds. The lowest BCUT2D eigenvalue weighted by Crippen LogP contribution is -2.38. The third-order valence-corrected chi connectivity index (χ3v) is 4.46. The highest BCUT2D eigenvalue weighted by atomic mass is 35.5. The van der Waals surface area contributed by atoms with Crippen molar-refractivity contribution in [1.29, 1.82) is 0 Å². The first-order valence-electron chi connectivity index (χ1n) is 6.93. The molecule has 1 N–H and O–H groups in total. The van der Waals surface area contributed by atoms with Gasteiger partial charge in [-0.3, -0.25) is 4.79 Å². The second kappa shape index (κ2) is 7.54. The van der Waals surface area contributed by atoms with Gasteiger partial charge in [0.25, 0.3) is 0 Å². The van der Waals surface area contributed by atoms with Crippen molar-refractivity contribution in [3.8, 4) is 0 Å². The summed E-state index contributed by atoms with van der Waals surface area (Å²) in [7, 11) is 0. The minimum Gasteiger partial charge on any atom is -0.355 e. The van der Waals surface area contributed by atoms with Crippen LogP contribution in [0.3, 0.4) is 0 Å². The molecule has 0 saturated heterocycles. The fraction of sp³-hybridized carbons (Fsp3) is 0.562. The molecule has 0 spiro atoms. The predicted molar refractivity (Wildman–Crippen MR) is 81.6 cm³/mol. The first kappa shape index (κ1) is 16.0. The maximum Gasteiger partial charge on any atom is 0.224 e. The van der Waals surface area contributed by atoms with Crippen LogP contribution in [0, 0.1) is 12.3 Å². The molecule has 1 aromatic carbocycles.